The molecule has 2 N–H and O–H groups in total. The monoisotopic (exact) mass is 767 g/mol. The van der Waals surface area contributed by atoms with Crippen molar-refractivity contribution < 1.29 is 36.6 Å². The van der Waals surface area contributed by atoms with Crippen molar-refractivity contribution in [2.45, 2.75) is 67.5 Å². The van der Waals surface area contributed by atoms with Gasteiger partial charge in [0.1, 0.15) is 23.6 Å². The molecule has 0 aliphatic rings. The van der Waals surface area contributed by atoms with E-state index in [0.717, 1.165) is 33.4 Å². The molecule has 4 aromatic rings. The Morgan fingerprint density at radius 2 is 0.843 bits per heavy atom. The van der Waals surface area contributed by atoms with E-state index in [-0.39, 0.29) is 51.0 Å². The van der Waals surface area contributed by atoms with Crippen molar-refractivity contribution in [3.05, 3.63) is 150 Å². The van der Waals surface area contributed by atoms with Crippen LogP contribution in [0.15, 0.2) is 93.9 Å². The van der Waals surface area contributed by atoms with Crippen LogP contribution in [-0.2, 0) is 26.4 Å². The minimum atomic E-state index is -0.773. The zero-order valence-corrected chi connectivity index (χ0v) is 32.5. The van der Waals surface area contributed by atoms with E-state index < -0.39 is 12.1 Å². The molecule has 0 aliphatic heterocycles. The minimum absolute atomic E-state index is 0. The number of ketones is 2. The number of hydrogen-bond donors (Lipinski definition) is 2. The summed E-state index contributed by atoms with van der Waals surface area (Å²) < 4.78 is 0. The number of nitrogens with zero attached hydrogens (tertiary/aromatic N) is 2. The summed E-state index contributed by atoms with van der Waals surface area (Å²) in [7, 11) is 0. The number of allylic oxidation sites excluding steroid dienone is 2. The van der Waals surface area contributed by atoms with E-state index in [1.54, 1.807) is 24.3 Å². The number of aliphatic hydroxyl groups excluding tert-OH is 2. The van der Waals surface area contributed by atoms with Crippen molar-refractivity contribution >= 4 is 58.7 Å². The van der Waals surface area contributed by atoms with Gasteiger partial charge in [-0.1, -0.05) is 82.9 Å². The fourth-order valence-corrected chi connectivity index (χ4v) is 6.60. The topological polar surface area (TPSA) is 99.3 Å². The van der Waals surface area contributed by atoms with Crippen LogP contribution in [0.3, 0.4) is 0 Å². The maximum Gasteiger partial charge on any atom is 0.165 e. The molecule has 0 saturated carbocycles. The molecule has 0 saturated heterocycles. The number of aliphatic imine (C=N–C) groups is 2. The van der Waals surface area contributed by atoms with Gasteiger partial charge in [0.15, 0.2) is 11.6 Å². The van der Waals surface area contributed by atoms with Gasteiger partial charge < -0.3 is 10.2 Å². The van der Waals surface area contributed by atoms with E-state index in [4.69, 9.17) is 33.2 Å². The Balaban J connectivity index is 0.00000702. The molecule has 0 fully saturated rings. The number of aliphatic hydroxyl groups is 2. The molecule has 0 heterocycles. The molecule has 0 bridgehead atoms. The summed E-state index contributed by atoms with van der Waals surface area (Å²) in [4.78, 5) is 35.9. The summed E-state index contributed by atoms with van der Waals surface area (Å²) in [6, 6.07) is 20.4. The number of carbonyl (C=O) groups excluding carboxylic acids is 2. The average molecular weight is 769 g/mol. The molecule has 1 radical (unpaired) electrons. The minimum Gasteiger partial charge on any atom is -0.506 e. The van der Waals surface area contributed by atoms with E-state index >= 15 is 0 Å². The van der Waals surface area contributed by atoms with Crippen LogP contribution in [0, 0.1) is 41.5 Å². The molecule has 267 valence electrons. The Kier molecular flexibility index (Phi) is 14.3. The van der Waals surface area contributed by atoms with Crippen molar-refractivity contribution in [1.29, 1.82) is 0 Å². The number of rotatable bonds is 11. The maximum absolute atomic E-state index is 13.1. The van der Waals surface area contributed by atoms with Gasteiger partial charge in [0.2, 0.25) is 0 Å². The summed E-state index contributed by atoms with van der Waals surface area (Å²) in [6.45, 7) is 14.3. The summed E-state index contributed by atoms with van der Waals surface area (Å²) in [6.07, 6.45) is 2.76. The van der Waals surface area contributed by atoms with Crippen LogP contribution in [0.1, 0.15) is 81.6 Å². The van der Waals surface area contributed by atoms with Crippen molar-refractivity contribution in [3.63, 3.8) is 0 Å². The Labute approximate surface area is 320 Å². The van der Waals surface area contributed by atoms with E-state index in [1.165, 1.54) is 26.3 Å². The third kappa shape index (κ3) is 9.95. The van der Waals surface area contributed by atoms with E-state index in [1.807, 2.05) is 90.1 Å². The van der Waals surface area contributed by atoms with Crippen LogP contribution in [0.25, 0.3) is 11.5 Å². The van der Waals surface area contributed by atoms with Gasteiger partial charge in [-0.25, -0.2) is 0 Å². The van der Waals surface area contributed by atoms with Crippen molar-refractivity contribution in [3.8, 4) is 0 Å². The molecule has 0 amide bonds. The molecule has 51 heavy (non-hydrogen) atoms. The normalized spacial score (nSPS) is 13.8. The van der Waals surface area contributed by atoms with Crippen molar-refractivity contribution in [1.82, 2.24) is 0 Å². The van der Waals surface area contributed by atoms with Crippen molar-refractivity contribution in [2.75, 3.05) is 0 Å². The smallest absolute Gasteiger partial charge is 0.165 e. The number of benzene rings is 4. The molecule has 0 aliphatic carbocycles. The molecule has 2 atom stereocenters. The van der Waals surface area contributed by atoms with E-state index in [0.29, 0.717) is 32.3 Å². The second-order valence-corrected chi connectivity index (χ2v) is 13.6. The quantitative estimate of drug-likeness (QED) is 0.0901. The standard InChI is InChI=1S/C42H42Cl2N2O4.Co/c1-23-17-25(3)37(26(4)18-23)41(49)35(29(7)47)21-45-39(31-9-13-33(43)14-10-31)40(32-11-15-34(44)16-12-32)46-22-36(30(8)48)42(50)38-27(5)19-24(2)20-28(38)6;/h9-22,39-40,49-50H,1-8H3;. The zero-order valence-electron chi connectivity index (χ0n) is 29.9. The molecule has 0 spiro atoms. The Hall–Kier alpha value is -4.27. The Morgan fingerprint density at radius 3 is 1.10 bits per heavy atom. The first-order chi connectivity index (χ1) is 23.6. The summed E-state index contributed by atoms with van der Waals surface area (Å²) in [5, 5.41) is 24.1. The fourth-order valence-electron chi connectivity index (χ4n) is 6.34. The molecule has 0 aromatic heterocycles. The first-order valence-electron chi connectivity index (χ1n) is 16.2. The number of carbonyl (C=O) groups is 2. The van der Waals surface area contributed by atoms with Gasteiger partial charge in [-0.3, -0.25) is 19.6 Å². The number of hydrogen-bond acceptors (Lipinski definition) is 6. The summed E-state index contributed by atoms with van der Waals surface area (Å²) >= 11 is 12.6. The van der Waals surface area contributed by atoms with Gasteiger partial charge in [0, 0.05) is 50.4 Å². The van der Waals surface area contributed by atoms with Gasteiger partial charge in [0.05, 0.1) is 11.1 Å². The Morgan fingerprint density at radius 1 is 0.569 bits per heavy atom. The van der Waals surface area contributed by atoms with Gasteiger partial charge in [-0.15, -0.1) is 0 Å². The van der Waals surface area contributed by atoms with Crippen LogP contribution in [-0.4, -0.2) is 34.2 Å². The molecule has 2 unspecified atom stereocenters. The number of halogens is 2. The number of aryl methyl sites for hydroxylation is 6. The molecule has 4 rings (SSSR count). The third-order valence-corrected chi connectivity index (χ3v) is 9.05. The second-order valence-electron chi connectivity index (χ2n) is 12.7. The molecule has 6 nitrogen and oxygen atoms in total. The largest absolute Gasteiger partial charge is 0.506 e. The van der Waals surface area contributed by atoms with Gasteiger partial charge >= 0.3 is 0 Å². The first kappa shape index (κ1) is 41.1. The third-order valence-electron chi connectivity index (χ3n) is 8.55. The summed E-state index contributed by atoms with van der Waals surface area (Å²) in [5.74, 6) is -1.09. The van der Waals surface area contributed by atoms with Crippen LogP contribution in [0.5, 0.6) is 0 Å². The van der Waals surface area contributed by atoms with Gasteiger partial charge in [-0.2, -0.15) is 0 Å². The first-order valence-corrected chi connectivity index (χ1v) is 17.0. The van der Waals surface area contributed by atoms with E-state index in [2.05, 4.69) is 0 Å². The molecular formula is C42H42Cl2CoN2O4. The van der Waals surface area contributed by atoms with Gasteiger partial charge in [0.25, 0.3) is 0 Å². The SMILES string of the molecule is CC(=O)C(C=NC(c1ccc(Cl)cc1)C(N=CC(C(C)=O)=C(O)c1c(C)cc(C)cc1C)c1ccc(Cl)cc1)=C(O)c1c(C)cc(C)cc1C.[Co]. The zero-order chi connectivity index (χ0) is 36.9. The van der Waals surface area contributed by atoms with Crippen LogP contribution in [0.2, 0.25) is 10.0 Å². The summed E-state index contributed by atoms with van der Waals surface area (Å²) in [5.41, 5.74) is 7.99. The fraction of sp³-hybridized carbons (Fsp3) is 0.238. The maximum atomic E-state index is 13.1. The van der Waals surface area contributed by atoms with Crippen LogP contribution in [0.4, 0.5) is 0 Å². The van der Waals surface area contributed by atoms with Crippen LogP contribution < -0.4 is 0 Å². The number of Topliss-reactive ketones (excluding diaryl/α,β-unsaturated/α-hetero) is 2. The predicted octanol–water partition coefficient (Wildman–Crippen LogP) is 10.9. The average Bonchev–Trinajstić information content (AvgIpc) is 3.01. The second kappa shape index (κ2) is 17.8. The molecular weight excluding hydrogens is 726 g/mol. The predicted molar refractivity (Wildman–Crippen MR) is 207 cm³/mol. The van der Waals surface area contributed by atoms with Crippen LogP contribution >= 0.6 is 23.2 Å². The Bertz CT molecular complexity index is 1870. The molecule has 4 aromatic carbocycles. The van der Waals surface area contributed by atoms with Crippen molar-refractivity contribution in [2.24, 2.45) is 9.98 Å². The molecule has 9 heteroatoms. The van der Waals surface area contributed by atoms with E-state index in [9.17, 15) is 19.8 Å². The van der Waals surface area contributed by atoms with Gasteiger partial charge in [-0.05, 0) is 113 Å².